The van der Waals surface area contributed by atoms with Gasteiger partial charge in [0.2, 0.25) is 0 Å². The van der Waals surface area contributed by atoms with Gasteiger partial charge in [0, 0.05) is 5.39 Å². The van der Waals surface area contributed by atoms with Gasteiger partial charge in [0.25, 0.3) is 5.24 Å². The second kappa shape index (κ2) is 4.73. The Hall–Kier alpha value is -1.35. The molecule has 0 saturated heterocycles. The molecular formula is C14H15ClN2O. The molecular weight excluding hydrogens is 248 g/mol. The maximum absolute atomic E-state index is 11.4. The largest absolute Gasteiger partial charge is 0.274 e. The van der Waals surface area contributed by atoms with Crippen LogP contribution in [0.3, 0.4) is 0 Å². The van der Waals surface area contributed by atoms with Crippen LogP contribution in [0.1, 0.15) is 48.6 Å². The van der Waals surface area contributed by atoms with Crippen molar-refractivity contribution < 1.29 is 4.79 Å². The lowest BCUT2D eigenvalue weighted by Gasteiger charge is -2.22. The van der Waals surface area contributed by atoms with Gasteiger partial charge in [0.1, 0.15) is 0 Å². The van der Waals surface area contributed by atoms with Crippen LogP contribution in [-0.2, 0) is 0 Å². The summed E-state index contributed by atoms with van der Waals surface area (Å²) in [4.78, 5) is 11.4. The highest BCUT2D eigenvalue weighted by molar-refractivity contribution is 6.68. The molecule has 4 heteroatoms. The summed E-state index contributed by atoms with van der Waals surface area (Å²) in [5.41, 5.74) is 1.41. The summed E-state index contributed by atoms with van der Waals surface area (Å²) in [6.07, 6.45) is 6.06. The van der Waals surface area contributed by atoms with Crippen LogP contribution in [0, 0.1) is 0 Å². The van der Waals surface area contributed by atoms with Gasteiger partial charge in [-0.1, -0.05) is 37.5 Å². The molecule has 2 aromatic rings. The van der Waals surface area contributed by atoms with E-state index in [-0.39, 0.29) is 0 Å². The maximum Gasteiger partial charge on any atom is 0.273 e. The van der Waals surface area contributed by atoms with Crippen molar-refractivity contribution >= 4 is 27.7 Å². The van der Waals surface area contributed by atoms with E-state index in [1.807, 2.05) is 28.9 Å². The van der Waals surface area contributed by atoms with Crippen molar-refractivity contribution in [2.24, 2.45) is 0 Å². The van der Waals surface area contributed by atoms with Gasteiger partial charge in [-0.2, -0.15) is 5.10 Å². The fourth-order valence-corrected chi connectivity index (χ4v) is 2.98. The average molecular weight is 263 g/mol. The van der Waals surface area contributed by atoms with Crippen molar-refractivity contribution in [3.05, 3.63) is 30.0 Å². The molecule has 1 aromatic carbocycles. The van der Waals surface area contributed by atoms with Crippen LogP contribution in [0.5, 0.6) is 0 Å². The zero-order chi connectivity index (χ0) is 12.5. The third-order valence-corrected chi connectivity index (χ3v) is 3.90. The molecule has 94 valence electrons. The van der Waals surface area contributed by atoms with Gasteiger partial charge >= 0.3 is 0 Å². The predicted molar refractivity (Wildman–Crippen MR) is 72.0 cm³/mol. The lowest BCUT2D eigenvalue weighted by atomic mass is 9.95. The number of nitrogens with zero attached hydrogens (tertiary/aromatic N) is 2. The van der Waals surface area contributed by atoms with Gasteiger partial charge in [-0.3, -0.25) is 9.48 Å². The normalized spacial score (nSPS) is 17.2. The fourth-order valence-electron chi connectivity index (χ4n) is 2.84. The van der Waals surface area contributed by atoms with Gasteiger partial charge in [-0.15, -0.1) is 0 Å². The summed E-state index contributed by atoms with van der Waals surface area (Å²) in [5, 5.41) is 4.84. The summed E-state index contributed by atoms with van der Waals surface area (Å²) in [6, 6.07) is 8.23. The first-order valence-electron chi connectivity index (χ1n) is 6.44. The Labute approximate surface area is 111 Å². The standard InChI is InChI=1S/C14H15ClN2O/c15-14(18)13-11-8-4-5-9-12(11)17(16-13)10-6-2-1-3-7-10/h4-5,8-10H,1-3,6-7H2. The summed E-state index contributed by atoms with van der Waals surface area (Å²) in [7, 11) is 0. The molecule has 18 heavy (non-hydrogen) atoms. The summed E-state index contributed by atoms with van der Waals surface area (Å²) in [5.74, 6) is 0. The molecule has 0 aliphatic heterocycles. The number of hydrogen-bond donors (Lipinski definition) is 0. The number of hydrogen-bond acceptors (Lipinski definition) is 2. The highest BCUT2D eigenvalue weighted by Crippen LogP contribution is 2.31. The lowest BCUT2D eigenvalue weighted by molar-refractivity contribution is 0.107. The molecule has 0 unspecified atom stereocenters. The van der Waals surface area contributed by atoms with Crippen LogP contribution in [0.4, 0.5) is 0 Å². The number of fused-ring (bicyclic) bond motifs is 1. The van der Waals surface area contributed by atoms with E-state index in [1.54, 1.807) is 0 Å². The van der Waals surface area contributed by atoms with E-state index in [0.717, 1.165) is 23.7 Å². The molecule has 1 aromatic heterocycles. The molecule has 0 atom stereocenters. The van der Waals surface area contributed by atoms with Crippen LogP contribution >= 0.6 is 11.6 Å². The molecule has 0 radical (unpaired) electrons. The Bertz CT molecular complexity index is 584. The first-order chi connectivity index (χ1) is 8.77. The van der Waals surface area contributed by atoms with Gasteiger partial charge in [0.05, 0.1) is 11.6 Å². The second-order valence-corrected chi connectivity index (χ2v) is 5.22. The molecule has 0 bridgehead atoms. The molecule has 1 aliphatic carbocycles. The summed E-state index contributed by atoms with van der Waals surface area (Å²) in [6.45, 7) is 0. The number of halogens is 1. The molecule has 1 heterocycles. The first-order valence-corrected chi connectivity index (χ1v) is 6.82. The summed E-state index contributed by atoms with van der Waals surface area (Å²) < 4.78 is 2.00. The van der Waals surface area contributed by atoms with Crippen LogP contribution in [-0.4, -0.2) is 15.0 Å². The van der Waals surface area contributed by atoms with E-state index in [0.29, 0.717) is 11.7 Å². The monoisotopic (exact) mass is 262 g/mol. The zero-order valence-electron chi connectivity index (χ0n) is 10.1. The smallest absolute Gasteiger partial charge is 0.273 e. The van der Waals surface area contributed by atoms with Crippen LogP contribution in [0.25, 0.3) is 10.9 Å². The topological polar surface area (TPSA) is 34.9 Å². The predicted octanol–water partition coefficient (Wildman–Crippen LogP) is 3.92. The van der Waals surface area contributed by atoms with Crippen LogP contribution in [0.2, 0.25) is 0 Å². The van der Waals surface area contributed by atoms with Crippen molar-refractivity contribution in [3.8, 4) is 0 Å². The van der Waals surface area contributed by atoms with Crippen molar-refractivity contribution in [2.45, 2.75) is 38.1 Å². The van der Waals surface area contributed by atoms with Crippen molar-refractivity contribution in [1.82, 2.24) is 9.78 Å². The van der Waals surface area contributed by atoms with Gasteiger partial charge in [0.15, 0.2) is 5.69 Å². The van der Waals surface area contributed by atoms with Crippen molar-refractivity contribution in [1.29, 1.82) is 0 Å². The van der Waals surface area contributed by atoms with Gasteiger partial charge in [-0.05, 0) is 30.5 Å². The molecule has 1 saturated carbocycles. The Kier molecular flexibility index (Phi) is 3.08. The molecule has 1 aliphatic rings. The molecule has 0 N–H and O–H groups in total. The van der Waals surface area contributed by atoms with Gasteiger partial charge in [-0.25, -0.2) is 0 Å². The Morgan fingerprint density at radius 2 is 1.94 bits per heavy atom. The molecule has 1 fully saturated rings. The van der Waals surface area contributed by atoms with Crippen LogP contribution in [0.15, 0.2) is 24.3 Å². The van der Waals surface area contributed by atoms with E-state index < -0.39 is 5.24 Å². The first kappa shape index (κ1) is 11.7. The quantitative estimate of drug-likeness (QED) is 0.769. The minimum atomic E-state index is -0.472. The highest BCUT2D eigenvalue weighted by Gasteiger charge is 2.21. The van der Waals surface area contributed by atoms with Crippen molar-refractivity contribution in [3.63, 3.8) is 0 Å². The fraction of sp³-hybridized carbons (Fsp3) is 0.429. The van der Waals surface area contributed by atoms with E-state index in [1.165, 1.54) is 19.3 Å². The maximum atomic E-state index is 11.4. The molecule has 0 amide bonds. The lowest BCUT2D eigenvalue weighted by Crippen LogP contribution is -2.14. The average Bonchev–Trinajstić information content (AvgIpc) is 2.79. The van der Waals surface area contributed by atoms with E-state index in [2.05, 4.69) is 5.10 Å². The van der Waals surface area contributed by atoms with Crippen molar-refractivity contribution in [2.75, 3.05) is 0 Å². The minimum Gasteiger partial charge on any atom is -0.274 e. The third kappa shape index (κ3) is 1.93. The van der Waals surface area contributed by atoms with E-state index in [4.69, 9.17) is 11.6 Å². The Morgan fingerprint density at radius 1 is 1.22 bits per heavy atom. The number of para-hydroxylation sites is 1. The number of aromatic nitrogens is 2. The second-order valence-electron chi connectivity index (χ2n) is 4.88. The Balaban J connectivity index is 2.13. The number of benzene rings is 1. The number of carbonyl (C=O) groups is 1. The SMILES string of the molecule is O=C(Cl)c1nn(C2CCCCC2)c2ccccc12. The summed E-state index contributed by atoms with van der Waals surface area (Å²) >= 11 is 5.62. The van der Waals surface area contributed by atoms with E-state index >= 15 is 0 Å². The van der Waals surface area contributed by atoms with Gasteiger partial charge < -0.3 is 0 Å². The van der Waals surface area contributed by atoms with Crippen LogP contribution < -0.4 is 0 Å². The number of rotatable bonds is 2. The third-order valence-electron chi connectivity index (χ3n) is 3.72. The zero-order valence-corrected chi connectivity index (χ0v) is 10.9. The minimum absolute atomic E-state index is 0.387. The highest BCUT2D eigenvalue weighted by atomic mass is 35.5. The molecule has 0 spiro atoms. The molecule has 3 rings (SSSR count). The molecule has 3 nitrogen and oxygen atoms in total. The number of carbonyl (C=O) groups excluding carboxylic acids is 1. The Morgan fingerprint density at radius 3 is 2.67 bits per heavy atom. The van der Waals surface area contributed by atoms with E-state index in [9.17, 15) is 4.79 Å².